The molecular weight excluding hydrogens is 245 g/mol. The molecule has 0 radical (unpaired) electrons. The number of benzene rings is 1. The molecule has 1 aromatic carbocycles. The number of aliphatic hydroxyl groups excluding tert-OH is 1. The van der Waals surface area contributed by atoms with Gasteiger partial charge in [0.25, 0.3) is 0 Å². The molecule has 0 heterocycles. The van der Waals surface area contributed by atoms with E-state index in [-0.39, 0.29) is 6.61 Å². The predicted octanol–water partition coefficient (Wildman–Crippen LogP) is 2.79. The highest BCUT2D eigenvalue weighted by atomic mass is 19.4. The minimum atomic E-state index is -4.35. The standard InChI is InChI=1S/C13H17F3O2/c1-9-3-4-11(5-10(9)2)6-12(17)7-18-8-13(14,15)16/h3-5,12,17H,6-8H2,1-2H3. The molecule has 1 atom stereocenters. The van der Waals surface area contributed by atoms with Gasteiger partial charge in [0, 0.05) is 6.42 Å². The van der Waals surface area contributed by atoms with Gasteiger partial charge in [0.05, 0.1) is 12.7 Å². The molecular formula is C13H17F3O2. The van der Waals surface area contributed by atoms with Gasteiger partial charge < -0.3 is 9.84 Å². The Bertz CT molecular complexity index is 388. The van der Waals surface area contributed by atoms with Gasteiger partial charge in [-0.1, -0.05) is 18.2 Å². The Hall–Kier alpha value is -1.07. The van der Waals surface area contributed by atoms with E-state index in [0.29, 0.717) is 6.42 Å². The van der Waals surface area contributed by atoms with Gasteiger partial charge in [-0.2, -0.15) is 13.2 Å². The Morgan fingerprint density at radius 3 is 2.44 bits per heavy atom. The molecule has 0 fully saturated rings. The van der Waals surface area contributed by atoms with E-state index in [1.165, 1.54) is 0 Å². The molecule has 2 nitrogen and oxygen atoms in total. The van der Waals surface area contributed by atoms with Crippen molar-refractivity contribution in [3.63, 3.8) is 0 Å². The van der Waals surface area contributed by atoms with Gasteiger partial charge in [0.2, 0.25) is 0 Å². The number of rotatable bonds is 5. The minimum absolute atomic E-state index is 0.291. The van der Waals surface area contributed by atoms with Crippen LogP contribution in [0.2, 0.25) is 0 Å². The Balaban J connectivity index is 2.40. The van der Waals surface area contributed by atoms with Crippen molar-refractivity contribution in [1.29, 1.82) is 0 Å². The Kier molecular flexibility index (Phi) is 5.16. The van der Waals surface area contributed by atoms with Crippen molar-refractivity contribution < 1.29 is 23.0 Å². The molecule has 102 valence electrons. The zero-order valence-corrected chi connectivity index (χ0v) is 10.4. The lowest BCUT2D eigenvalue weighted by Gasteiger charge is -2.13. The first-order valence-electron chi connectivity index (χ1n) is 5.66. The largest absolute Gasteiger partial charge is 0.411 e. The van der Waals surface area contributed by atoms with Crippen molar-refractivity contribution >= 4 is 0 Å². The van der Waals surface area contributed by atoms with E-state index in [9.17, 15) is 18.3 Å². The average molecular weight is 262 g/mol. The number of aliphatic hydroxyl groups is 1. The zero-order chi connectivity index (χ0) is 13.8. The number of hydrogen-bond acceptors (Lipinski definition) is 2. The molecule has 0 aromatic heterocycles. The predicted molar refractivity (Wildman–Crippen MR) is 62.5 cm³/mol. The third-order valence-electron chi connectivity index (χ3n) is 2.62. The number of alkyl halides is 3. The molecule has 1 aromatic rings. The Morgan fingerprint density at radius 2 is 1.89 bits per heavy atom. The van der Waals surface area contributed by atoms with Crippen LogP contribution in [0.25, 0.3) is 0 Å². The zero-order valence-electron chi connectivity index (χ0n) is 10.4. The summed E-state index contributed by atoms with van der Waals surface area (Å²) in [4.78, 5) is 0. The van der Waals surface area contributed by atoms with Crippen molar-refractivity contribution in [2.24, 2.45) is 0 Å². The van der Waals surface area contributed by atoms with E-state index in [1.807, 2.05) is 32.0 Å². The van der Waals surface area contributed by atoms with E-state index in [2.05, 4.69) is 4.74 Å². The van der Waals surface area contributed by atoms with Crippen LogP contribution in [0.1, 0.15) is 16.7 Å². The Morgan fingerprint density at radius 1 is 1.22 bits per heavy atom. The highest BCUT2D eigenvalue weighted by molar-refractivity contribution is 5.30. The molecule has 0 aliphatic rings. The molecule has 5 heteroatoms. The molecule has 0 saturated carbocycles. The molecule has 0 bridgehead atoms. The maximum Gasteiger partial charge on any atom is 0.411 e. The topological polar surface area (TPSA) is 29.5 Å². The third-order valence-corrected chi connectivity index (χ3v) is 2.62. The maximum atomic E-state index is 11.8. The van der Waals surface area contributed by atoms with Crippen LogP contribution >= 0.6 is 0 Å². The number of halogens is 3. The van der Waals surface area contributed by atoms with E-state index < -0.39 is 18.9 Å². The molecule has 0 saturated heterocycles. The van der Waals surface area contributed by atoms with Crippen molar-refractivity contribution in [1.82, 2.24) is 0 Å². The van der Waals surface area contributed by atoms with Gasteiger partial charge in [-0.15, -0.1) is 0 Å². The van der Waals surface area contributed by atoms with E-state index in [1.54, 1.807) is 0 Å². The van der Waals surface area contributed by atoms with Gasteiger partial charge in [0.15, 0.2) is 0 Å². The summed E-state index contributed by atoms with van der Waals surface area (Å²) in [6, 6.07) is 5.70. The van der Waals surface area contributed by atoms with E-state index >= 15 is 0 Å². The summed E-state index contributed by atoms with van der Waals surface area (Å²) in [5.41, 5.74) is 3.12. The fraction of sp³-hybridized carbons (Fsp3) is 0.538. The fourth-order valence-corrected chi connectivity index (χ4v) is 1.57. The SMILES string of the molecule is Cc1ccc(CC(O)COCC(F)(F)F)cc1C. The molecule has 0 spiro atoms. The first-order chi connectivity index (χ1) is 8.28. The lowest BCUT2D eigenvalue weighted by atomic mass is 10.0. The molecule has 1 rings (SSSR count). The van der Waals surface area contributed by atoms with Gasteiger partial charge in [0.1, 0.15) is 6.61 Å². The lowest BCUT2D eigenvalue weighted by Crippen LogP contribution is -2.24. The molecule has 1 unspecified atom stereocenters. The van der Waals surface area contributed by atoms with E-state index in [4.69, 9.17) is 0 Å². The van der Waals surface area contributed by atoms with Crippen LogP contribution in [-0.4, -0.2) is 30.6 Å². The summed E-state index contributed by atoms with van der Waals surface area (Å²) in [6.07, 6.45) is -4.98. The van der Waals surface area contributed by atoms with Crippen molar-refractivity contribution in [2.45, 2.75) is 32.5 Å². The number of aryl methyl sites for hydroxylation is 2. The molecule has 18 heavy (non-hydrogen) atoms. The van der Waals surface area contributed by atoms with Crippen LogP contribution in [0, 0.1) is 13.8 Å². The molecule has 0 aliphatic heterocycles. The first-order valence-corrected chi connectivity index (χ1v) is 5.66. The van der Waals surface area contributed by atoms with Crippen LogP contribution < -0.4 is 0 Å². The van der Waals surface area contributed by atoms with Crippen LogP contribution in [0.5, 0.6) is 0 Å². The second kappa shape index (κ2) is 6.20. The summed E-state index contributed by atoms with van der Waals surface area (Å²) in [5.74, 6) is 0. The summed E-state index contributed by atoms with van der Waals surface area (Å²) >= 11 is 0. The normalized spacial score (nSPS) is 13.7. The molecule has 1 N–H and O–H groups in total. The fourth-order valence-electron chi connectivity index (χ4n) is 1.57. The van der Waals surface area contributed by atoms with Crippen LogP contribution in [0.15, 0.2) is 18.2 Å². The van der Waals surface area contributed by atoms with Crippen molar-refractivity contribution in [3.8, 4) is 0 Å². The van der Waals surface area contributed by atoms with Gasteiger partial charge >= 0.3 is 6.18 Å². The molecule has 0 aliphatic carbocycles. The van der Waals surface area contributed by atoms with Crippen LogP contribution in [0.3, 0.4) is 0 Å². The highest BCUT2D eigenvalue weighted by Gasteiger charge is 2.27. The lowest BCUT2D eigenvalue weighted by molar-refractivity contribution is -0.179. The third kappa shape index (κ3) is 5.51. The quantitative estimate of drug-likeness (QED) is 0.884. The summed E-state index contributed by atoms with van der Waals surface area (Å²) in [5, 5.41) is 9.57. The van der Waals surface area contributed by atoms with Crippen molar-refractivity contribution in [3.05, 3.63) is 34.9 Å². The van der Waals surface area contributed by atoms with Crippen molar-refractivity contribution in [2.75, 3.05) is 13.2 Å². The van der Waals surface area contributed by atoms with Gasteiger partial charge in [-0.3, -0.25) is 0 Å². The number of hydrogen-bond donors (Lipinski definition) is 1. The molecule has 0 amide bonds. The smallest absolute Gasteiger partial charge is 0.390 e. The monoisotopic (exact) mass is 262 g/mol. The summed E-state index contributed by atoms with van der Waals surface area (Å²) in [7, 11) is 0. The van der Waals surface area contributed by atoms with Crippen LogP contribution in [-0.2, 0) is 11.2 Å². The highest BCUT2D eigenvalue weighted by Crippen LogP contribution is 2.15. The average Bonchev–Trinajstić information content (AvgIpc) is 2.21. The second-order valence-electron chi connectivity index (χ2n) is 4.41. The van der Waals surface area contributed by atoms with Gasteiger partial charge in [-0.05, 0) is 30.5 Å². The second-order valence-corrected chi connectivity index (χ2v) is 4.41. The first kappa shape index (κ1) is 15.0. The van der Waals surface area contributed by atoms with Crippen LogP contribution in [0.4, 0.5) is 13.2 Å². The minimum Gasteiger partial charge on any atom is -0.390 e. The number of ether oxygens (including phenoxy) is 1. The maximum absolute atomic E-state index is 11.8. The van der Waals surface area contributed by atoms with E-state index in [0.717, 1.165) is 16.7 Å². The summed E-state index contributed by atoms with van der Waals surface area (Å²) < 4.78 is 39.9. The Labute approximate surface area is 104 Å². The van der Waals surface area contributed by atoms with Gasteiger partial charge in [-0.25, -0.2) is 0 Å². The summed E-state index contributed by atoms with van der Waals surface area (Å²) in [6.45, 7) is 2.29.